The first-order valence-corrected chi connectivity index (χ1v) is 9.93. The van der Waals surface area contributed by atoms with Crippen molar-refractivity contribution in [2.45, 2.75) is 76.0 Å². The number of aliphatic hydroxyl groups excluding tert-OH is 2. The van der Waals surface area contributed by atoms with Crippen molar-refractivity contribution in [3.8, 4) is 0 Å². The normalized spacial score (nSPS) is 35.9. The number of methoxy groups -OCH3 is 1. The zero-order valence-corrected chi connectivity index (χ0v) is 18.4. The molecular weight excluding hydrogens is 450 g/mol. The molecule has 2 fully saturated rings. The standard InChI is InChI=1S/C18H27N3O12/c1-7(23)28-6-11-14(29-8(2)24)15(30-9(3)25)12(20-21-19)17(32-11)33-16-13(26)10(5-22)31-18(16)27-4/h10-18,22,26H,5-6H2,1-4H3/t10-,11-,12-,13-,14+,15-,16+,17+,18+/m1/s1. The Labute approximate surface area is 188 Å². The van der Waals surface area contributed by atoms with Gasteiger partial charge >= 0.3 is 17.9 Å². The Bertz CT molecular complexity index is 758. The lowest BCUT2D eigenvalue weighted by molar-refractivity contribution is -0.300. The maximum Gasteiger partial charge on any atom is 0.303 e. The number of aliphatic hydroxyl groups is 2. The van der Waals surface area contributed by atoms with Gasteiger partial charge in [-0.25, -0.2) is 0 Å². The summed E-state index contributed by atoms with van der Waals surface area (Å²) in [7, 11) is 1.28. The molecule has 0 aromatic rings. The molecular formula is C18H27N3O12. The van der Waals surface area contributed by atoms with Crippen LogP contribution in [0.5, 0.6) is 0 Å². The van der Waals surface area contributed by atoms with Gasteiger partial charge in [0.1, 0.15) is 37.1 Å². The minimum Gasteiger partial charge on any atom is -0.463 e. The van der Waals surface area contributed by atoms with Crippen LogP contribution in [-0.2, 0) is 47.5 Å². The van der Waals surface area contributed by atoms with Crippen molar-refractivity contribution in [3.63, 3.8) is 0 Å². The molecule has 2 saturated heterocycles. The average Bonchev–Trinajstić information content (AvgIpc) is 3.04. The molecule has 0 saturated carbocycles. The van der Waals surface area contributed by atoms with Crippen LogP contribution in [0.4, 0.5) is 0 Å². The van der Waals surface area contributed by atoms with Crippen molar-refractivity contribution in [2.24, 2.45) is 5.11 Å². The summed E-state index contributed by atoms with van der Waals surface area (Å²) in [6.45, 7) is 2.37. The third kappa shape index (κ3) is 6.74. The monoisotopic (exact) mass is 477 g/mol. The molecule has 186 valence electrons. The van der Waals surface area contributed by atoms with E-state index in [1.165, 1.54) is 7.11 Å². The molecule has 33 heavy (non-hydrogen) atoms. The van der Waals surface area contributed by atoms with Crippen LogP contribution in [0.2, 0.25) is 0 Å². The first-order valence-electron chi connectivity index (χ1n) is 9.93. The van der Waals surface area contributed by atoms with Crippen molar-refractivity contribution in [1.29, 1.82) is 0 Å². The van der Waals surface area contributed by atoms with E-state index < -0.39 is 86.4 Å². The Morgan fingerprint density at radius 1 is 0.970 bits per heavy atom. The van der Waals surface area contributed by atoms with E-state index in [-0.39, 0.29) is 0 Å². The van der Waals surface area contributed by atoms with E-state index in [4.69, 9.17) is 38.7 Å². The van der Waals surface area contributed by atoms with Gasteiger partial charge in [-0.1, -0.05) is 5.11 Å². The van der Waals surface area contributed by atoms with Gasteiger partial charge in [0, 0.05) is 32.8 Å². The lowest BCUT2D eigenvalue weighted by Gasteiger charge is -2.44. The van der Waals surface area contributed by atoms with Crippen molar-refractivity contribution in [3.05, 3.63) is 10.4 Å². The summed E-state index contributed by atoms with van der Waals surface area (Å²) in [6, 6.07) is -1.39. The van der Waals surface area contributed by atoms with Crippen LogP contribution in [0.15, 0.2) is 5.11 Å². The second-order valence-corrected chi connectivity index (χ2v) is 7.24. The molecule has 0 unspecified atom stereocenters. The zero-order chi connectivity index (χ0) is 24.7. The number of azide groups is 1. The van der Waals surface area contributed by atoms with E-state index in [0.29, 0.717) is 0 Å². The fourth-order valence-corrected chi connectivity index (χ4v) is 3.52. The molecule has 15 heteroatoms. The molecule has 2 aliphatic rings. The van der Waals surface area contributed by atoms with Crippen LogP contribution in [0.25, 0.3) is 10.4 Å². The summed E-state index contributed by atoms with van der Waals surface area (Å²) in [5.74, 6) is -2.22. The average molecular weight is 477 g/mol. The lowest BCUT2D eigenvalue weighted by Crippen LogP contribution is -2.62. The topological polar surface area (TPSA) is 205 Å². The molecule has 2 heterocycles. The molecule has 0 aromatic carbocycles. The molecule has 2 aliphatic heterocycles. The molecule has 15 nitrogen and oxygen atoms in total. The Morgan fingerprint density at radius 3 is 2.09 bits per heavy atom. The highest BCUT2D eigenvalue weighted by molar-refractivity contribution is 5.68. The van der Waals surface area contributed by atoms with E-state index in [0.717, 1.165) is 20.8 Å². The van der Waals surface area contributed by atoms with E-state index >= 15 is 0 Å². The van der Waals surface area contributed by atoms with Crippen molar-refractivity contribution in [2.75, 3.05) is 20.3 Å². The molecule has 2 rings (SSSR count). The Kier molecular flexibility index (Phi) is 9.79. The molecule has 0 radical (unpaired) electrons. The van der Waals surface area contributed by atoms with Crippen molar-refractivity contribution < 1.29 is 57.8 Å². The van der Waals surface area contributed by atoms with Crippen LogP contribution in [0.3, 0.4) is 0 Å². The van der Waals surface area contributed by atoms with Crippen LogP contribution in [0, 0.1) is 0 Å². The highest BCUT2D eigenvalue weighted by Crippen LogP contribution is 2.33. The first kappa shape index (κ1) is 26.7. The van der Waals surface area contributed by atoms with Gasteiger partial charge in [-0.15, -0.1) is 0 Å². The quantitative estimate of drug-likeness (QED) is 0.134. The summed E-state index contributed by atoms with van der Waals surface area (Å²) in [5, 5.41) is 23.4. The Morgan fingerprint density at radius 2 is 1.58 bits per heavy atom. The zero-order valence-electron chi connectivity index (χ0n) is 18.4. The van der Waals surface area contributed by atoms with E-state index in [2.05, 4.69) is 10.0 Å². The SMILES string of the molecule is CO[C@H]1O[C@H](CO)[C@@H](O)[C@@H]1O[C@@H]1O[C@H](COC(C)=O)[C@H](OC(C)=O)[C@H](OC(C)=O)[C@H]1N=[N+]=[N-]. The molecule has 2 N–H and O–H groups in total. The highest BCUT2D eigenvalue weighted by atomic mass is 16.8. The number of carbonyl (C=O) groups is 3. The summed E-state index contributed by atoms with van der Waals surface area (Å²) >= 11 is 0. The minimum atomic E-state index is -1.49. The number of hydrogen-bond acceptors (Lipinski definition) is 13. The summed E-state index contributed by atoms with van der Waals surface area (Å²) < 4.78 is 37.6. The summed E-state index contributed by atoms with van der Waals surface area (Å²) in [6.07, 6.45) is -10.1. The van der Waals surface area contributed by atoms with Gasteiger partial charge in [0.15, 0.2) is 24.8 Å². The van der Waals surface area contributed by atoms with Crippen molar-refractivity contribution >= 4 is 17.9 Å². The van der Waals surface area contributed by atoms with E-state index in [9.17, 15) is 24.6 Å². The Hall–Kier alpha value is -2.52. The van der Waals surface area contributed by atoms with Gasteiger partial charge in [0.05, 0.1) is 6.61 Å². The maximum absolute atomic E-state index is 11.8. The van der Waals surface area contributed by atoms with Gasteiger partial charge in [0.2, 0.25) is 0 Å². The fourth-order valence-electron chi connectivity index (χ4n) is 3.52. The minimum absolute atomic E-state index is 0.426. The lowest BCUT2D eigenvalue weighted by atomic mass is 9.96. The van der Waals surface area contributed by atoms with E-state index in [1.807, 2.05) is 0 Å². The number of carbonyl (C=O) groups excluding carboxylic acids is 3. The maximum atomic E-state index is 11.8. The van der Waals surface area contributed by atoms with Gasteiger partial charge in [-0.2, -0.15) is 0 Å². The molecule has 0 bridgehead atoms. The second kappa shape index (κ2) is 12.1. The molecule has 0 aromatic heterocycles. The fraction of sp³-hybridized carbons (Fsp3) is 0.833. The number of esters is 3. The van der Waals surface area contributed by atoms with Crippen LogP contribution in [-0.4, -0.2) is 104 Å². The number of nitrogens with zero attached hydrogens (tertiary/aromatic N) is 3. The van der Waals surface area contributed by atoms with Crippen molar-refractivity contribution in [1.82, 2.24) is 0 Å². The van der Waals surface area contributed by atoms with Gasteiger partial charge < -0.3 is 43.4 Å². The Balaban J connectivity index is 2.42. The number of ether oxygens (including phenoxy) is 7. The second-order valence-electron chi connectivity index (χ2n) is 7.24. The van der Waals surface area contributed by atoms with Gasteiger partial charge in [-0.05, 0) is 5.53 Å². The highest BCUT2D eigenvalue weighted by Gasteiger charge is 2.54. The smallest absolute Gasteiger partial charge is 0.303 e. The third-order valence-electron chi connectivity index (χ3n) is 4.85. The molecule has 0 amide bonds. The predicted octanol–water partition coefficient (Wildman–Crippen LogP) is -1.07. The molecule has 0 aliphatic carbocycles. The molecule has 9 atom stereocenters. The summed E-state index contributed by atoms with van der Waals surface area (Å²) in [5.41, 5.74) is 9.09. The van der Waals surface area contributed by atoms with Gasteiger partial charge in [0.25, 0.3) is 0 Å². The summed E-state index contributed by atoms with van der Waals surface area (Å²) in [4.78, 5) is 37.5. The van der Waals surface area contributed by atoms with Gasteiger partial charge in [-0.3, -0.25) is 14.4 Å². The van der Waals surface area contributed by atoms with Crippen LogP contribution >= 0.6 is 0 Å². The molecule has 0 spiro atoms. The first-order chi connectivity index (χ1) is 15.6. The van der Waals surface area contributed by atoms with Crippen LogP contribution in [0.1, 0.15) is 20.8 Å². The largest absolute Gasteiger partial charge is 0.463 e. The third-order valence-corrected chi connectivity index (χ3v) is 4.85. The van der Waals surface area contributed by atoms with Crippen LogP contribution < -0.4 is 0 Å². The number of rotatable bonds is 9. The predicted molar refractivity (Wildman–Crippen MR) is 103 cm³/mol. The van der Waals surface area contributed by atoms with E-state index in [1.54, 1.807) is 0 Å². The number of hydrogen-bond donors (Lipinski definition) is 2.